The predicted molar refractivity (Wildman–Crippen MR) is 68.0 cm³/mol. The Labute approximate surface area is 102 Å². The predicted octanol–water partition coefficient (Wildman–Crippen LogP) is 1.00. The van der Waals surface area contributed by atoms with Crippen LogP contribution in [0.25, 0.3) is 0 Å². The largest absolute Gasteiger partial charge is 0.508 e. The van der Waals surface area contributed by atoms with E-state index >= 15 is 0 Å². The van der Waals surface area contributed by atoms with Crippen molar-refractivity contribution in [1.29, 1.82) is 0 Å². The minimum absolute atomic E-state index is 0.0694. The van der Waals surface area contributed by atoms with Crippen LogP contribution in [0.15, 0.2) is 24.3 Å². The highest BCUT2D eigenvalue weighted by Crippen LogP contribution is 2.10. The smallest absolute Gasteiger partial charge is 0.220 e. The second-order valence-corrected chi connectivity index (χ2v) is 4.32. The number of rotatable bonds is 6. The Kier molecular flexibility index (Phi) is 5.49. The van der Waals surface area contributed by atoms with Crippen LogP contribution in [0.5, 0.6) is 5.75 Å². The quantitative estimate of drug-likeness (QED) is 0.775. The molecular formula is C13H20N2O2. The van der Waals surface area contributed by atoms with Crippen molar-refractivity contribution in [2.45, 2.75) is 12.8 Å². The van der Waals surface area contributed by atoms with E-state index in [9.17, 15) is 4.79 Å². The van der Waals surface area contributed by atoms with E-state index in [0.29, 0.717) is 19.4 Å². The number of nitrogens with zero attached hydrogens (tertiary/aromatic N) is 1. The Morgan fingerprint density at radius 1 is 1.29 bits per heavy atom. The van der Waals surface area contributed by atoms with Crippen LogP contribution in [0.1, 0.15) is 12.0 Å². The standard InChI is InChI=1S/C13H20N2O2/c1-15(2)10-9-14-13(17)8-5-11-3-6-12(16)7-4-11/h3-4,6-7,16H,5,8-10H2,1-2H3,(H,14,17). The molecule has 1 aromatic carbocycles. The van der Waals surface area contributed by atoms with Gasteiger partial charge in [0.05, 0.1) is 0 Å². The van der Waals surface area contributed by atoms with Gasteiger partial charge in [-0.2, -0.15) is 0 Å². The molecule has 0 saturated carbocycles. The lowest BCUT2D eigenvalue weighted by Crippen LogP contribution is -2.31. The van der Waals surface area contributed by atoms with Crippen molar-refractivity contribution >= 4 is 5.91 Å². The SMILES string of the molecule is CN(C)CCNC(=O)CCc1ccc(O)cc1. The molecule has 0 aliphatic heterocycles. The normalized spacial score (nSPS) is 10.5. The minimum Gasteiger partial charge on any atom is -0.508 e. The topological polar surface area (TPSA) is 52.6 Å². The van der Waals surface area contributed by atoms with Crippen LogP contribution in [0.2, 0.25) is 0 Å². The molecule has 0 spiro atoms. The van der Waals surface area contributed by atoms with Crippen LogP contribution in [0.4, 0.5) is 0 Å². The summed E-state index contributed by atoms with van der Waals surface area (Å²) in [4.78, 5) is 13.5. The van der Waals surface area contributed by atoms with E-state index in [1.807, 2.05) is 31.1 Å². The lowest BCUT2D eigenvalue weighted by atomic mass is 10.1. The summed E-state index contributed by atoms with van der Waals surface area (Å²) in [7, 11) is 3.95. The summed E-state index contributed by atoms with van der Waals surface area (Å²) in [5, 5.41) is 12.0. The highest BCUT2D eigenvalue weighted by atomic mass is 16.3. The molecule has 2 N–H and O–H groups in total. The van der Waals surface area contributed by atoms with Crippen molar-refractivity contribution in [3.05, 3.63) is 29.8 Å². The summed E-state index contributed by atoms with van der Waals surface area (Å²) in [6.45, 7) is 1.53. The van der Waals surface area contributed by atoms with Crippen LogP contribution in [-0.4, -0.2) is 43.1 Å². The number of aromatic hydroxyl groups is 1. The molecule has 4 nitrogen and oxygen atoms in total. The molecule has 0 radical (unpaired) electrons. The highest BCUT2D eigenvalue weighted by molar-refractivity contribution is 5.76. The van der Waals surface area contributed by atoms with Gasteiger partial charge in [-0.3, -0.25) is 4.79 Å². The Morgan fingerprint density at radius 3 is 2.53 bits per heavy atom. The van der Waals surface area contributed by atoms with Gasteiger partial charge in [-0.25, -0.2) is 0 Å². The molecule has 0 fully saturated rings. The van der Waals surface area contributed by atoms with E-state index in [2.05, 4.69) is 5.32 Å². The third kappa shape index (κ3) is 5.92. The Balaban J connectivity index is 2.21. The van der Waals surface area contributed by atoms with Crippen molar-refractivity contribution < 1.29 is 9.90 Å². The molecule has 0 unspecified atom stereocenters. The number of amides is 1. The van der Waals surface area contributed by atoms with Gasteiger partial charge in [0.2, 0.25) is 5.91 Å². The number of phenolic OH excluding ortho intramolecular Hbond substituents is 1. The van der Waals surface area contributed by atoms with Crippen molar-refractivity contribution in [1.82, 2.24) is 10.2 Å². The summed E-state index contributed by atoms with van der Waals surface area (Å²) in [6, 6.07) is 6.95. The number of phenols is 1. The average molecular weight is 236 g/mol. The third-order valence-corrected chi connectivity index (χ3v) is 2.46. The number of hydrogen-bond acceptors (Lipinski definition) is 3. The van der Waals surface area contributed by atoms with Gasteiger partial charge in [0.25, 0.3) is 0 Å². The number of likely N-dealkylation sites (N-methyl/N-ethyl adjacent to an activating group) is 1. The molecule has 17 heavy (non-hydrogen) atoms. The van der Waals surface area contributed by atoms with Gasteiger partial charge in [0.15, 0.2) is 0 Å². The van der Waals surface area contributed by atoms with Gasteiger partial charge in [-0.05, 0) is 38.2 Å². The fourth-order valence-electron chi connectivity index (χ4n) is 1.43. The first-order valence-corrected chi connectivity index (χ1v) is 5.77. The number of aryl methyl sites for hydroxylation is 1. The molecule has 1 aromatic rings. The monoisotopic (exact) mass is 236 g/mol. The second kappa shape index (κ2) is 6.91. The molecule has 1 rings (SSSR count). The molecule has 0 aliphatic rings. The van der Waals surface area contributed by atoms with Gasteiger partial charge in [0.1, 0.15) is 5.75 Å². The van der Waals surface area contributed by atoms with E-state index in [-0.39, 0.29) is 11.7 Å². The zero-order valence-corrected chi connectivity index (χ0v) is 10.4. The molecule has 94 valence electrons. The van der Waals surface area contributed by atoms with Crippen LogP contribution in [0, 0.1) is 0 Å². The average Bonchev–Trinajstić information content (AvgIpc) is 2.28. The first-order valence-electron chi connectivity index (χ1n) is 5.77. The maximum Gasteiger partial charge on any atom is 0.220 e. The molecule has 0 atom stereocenters. The van der Waals surface area contributed by atoms with Crippen LogP contribution in [-0.2, 0) is 11.2 Å². The number of benzene rings is 1. The van der Waals surface area contributed by atoms with Crippen LogP contribution >= 0.6 is 0 Å². The molecule has 4 heteroatoms. The van der Waals surface area contributed by atoms with E-state index in [0.717, 1.165) is 12.1 Å². The minimum atomic E-state index is 0.0694. The van der Waals surface area contributed by atoms with Gasteiger partial charge in [-0.1, -0.05) is 12.1 Å². The maximum atomic E-state index is 11.5. The number of nitrogens with one attached hydrogen (secondary N) is 1. The van der Waals surface area contributed by atoms with Crippen molar-refractivity contribution in [3.8, 4) is 5.75 Å². The molecule has 1 amide bonds. The van der Waals surface area contributed by atoms with Crippen molar-refractivity contribution in [2.75, 3.05) is 27.2 Å². The zero-order chi connectivity index (χ0) is 12.7. The maximum absolute atomic E-state index is 11.5. The second-order valence-electron chi connectivity index (χ2n) is 4.32. The number of carbonyl (C=O) groups is 1. The Morgan fingerprint density at radius 2 is 1.94 bits per heavy atom. The zero-order valence-electron chi connectivity index (χ0n) is 10.4. The van der Waals surface area contributed by atoms with E-state index in [1.165, 1.54) is 0 Å². The van der Waals surface area contributed by atoms with Crippen LogP contribution in [0.3, 0.4) is 0 Å². The van der Waals surface area contributed by atoms with Gasteiger partial charge in [-0.15, -0.1) is 0 Å². The van der Waals surface area contributed by atoms with Crippen molar-refractivity contribution in [2.24, 2.45) is 0 Å². The Bertz CT molecular complexity index is 347. The molecular weight excluding hydrogens is 216 g/mol. The van der Waals surface area contributed by atoms with Gasteiger partial charge in [0, 0.05) is 19.5 Å². The van der Waals surface area contributed by atoms with E-state index in [4.69, 9.17) is 5.11 Å². The summed E-state index contributed by atoms with van der Waals surface area (Å²) in [6.07, 6.45) is 1.19. The van der Waals surface area contributed by atoms with Gasteiger partial charge < -0.3 is 15.3 Å². The Hall–Kier alpha value is -1.55. The first-order chi connectivity index (χ1) is 8.08. The van der Waals surface area contributed by atoms with Gasteiger partial charge >= 0.3 is 0 Å². The van der Waals surface area contributed by atoms with E-state index in [1.54, 1.807) is 12.1 Å². The number of carbonyl (C=O) groups excluding carboxylic acids is 1. The molecule has 0 saturated heterocycles. The fraction of sp³-hybridized carbons (Fsp3) is 0.462. The van der Waals surface area contributed by atoms with Crippen LogP contribution < -0.4 is 5.32 Å². The summed E-state index contributed by atoms with van der Waals surface area (Å²) in [5.74, 6) is 0.323. The molecule has 0 aromatic heterocycles. The molecule has 0 aliphatic carbocycles. The summed E-state index contributed by atoms with van der Waals surface area (Å²) in [5.41, 5.74) is 1.06. The summed E-state index contributed by atoms with van der Waals surface area (Å²) < 4.78 is 0. The lowest BCUT2D eigenvalue weighted by Gasteiger charge is -2.10. The third-order valence-electron chi connectivity index (χ3n) is 2.46. The first kappa shape index (κ1) is 13.5. The summed E-state index contributed by atoms with van der Waals surface area (Å²) >= 11 is 0. The molecule has 0 heterocycles. The van der Waals surface area contributed by atoms with Crippen molar-refractivity contribution in [3.63, 3.8) is 0 Å². The highest BCUT2D eigenvalue weighted by Gasteiger charge is 2.02. The molecule has 0 bridgehead atoms. The number of hydrogen-bond donors (Lipinski definition) is 2. The lowest BCUT2D eigenvalue weighted by molar-refractivity contribution is -0.121. The van der Waals surface area contributed by atoms with E-state index < -0.39 is 0 Å². The fourth-order valence-corrected chi connectivity index (χ4v) is 1.43.